The average Bonchev–Trinajstić information content (AvgIpc) is 2.27. The van der Waals surface area contributed by atoms with Gasteiger partial charge >= 0.3 is 0 Å². The fraction of sp³-hybridized carbons (Fsp3) is 0.455. The first-order valence-corrected chi connectivity index (χ1v) is 5.46. The standard InChI is InChI=1S/C11H17N3S/c1-4-8(2)14(3)11-9(10(12)15)6-5-7-13-11/h5-8H,4H2,1-3H3,(H2,12,15). The summed E-state index contributed by atoms with van der Waals surface area (Å²) < 4.78 is 0. The molecule has 0 saturated carbocycles. The molecule has 1 unspecified atom stereocenters. The van der Waals surface area contributed by atoms with Gasteiger partial charge in [0.05, 0.1) is 5.56 Å². The summed E-state index contributed by atoms with van der Waals surface area (Å²) in [7, 11) is 2.01. The summed E-state index contributed by atoms with van der Waals surface area (Å²) in [5.74, 6) is 0.861. The molecule has 0 aliphatic carbocycles. The third kappa shape index (κ3) is 2.65. The number of rotatable bonds is 4. The fourth-order valence-electron chi connectivity index (χ4n) is 1.35. The van der Waals surface area contributed by atoms with Crippen LogP contribution >= 0.6 is 12.2 Å². The Morgan fingerprint density at radius 1 is 1.67 bits per heavy atom. The van der Waals surface area contributed by atoms with Crippen molar-refractivity contribution in [3.05, 3.63) is 23.9 Å². The maximum absolute atomic E-state index is 5.66. The number of hydrogen-bond donors (Lipinski definition) is 1. The van der Waals surface area contributed by atoms with Crippen LogP contribution in [0.2, 0.25) is 0 Å². The minimum Gasteiger partial charge on any atom is -0.389 e. The minimum atomic E-state index is 0.397. The highest BCUT2D eigenvalue weighted by Gasteiger charge is 2.14. The molecule has 0 saturated heterocycles. The van der Waals surface area contributed by atoms with Gasteiger partial charge in [0.15, 0.2) is 0 Å². The topological polar surface area (TPSA) is 42.2 Å². The minimum absolute atomic E-state index is 0.397. The lowest BCUT2D eigenvalue weighted by molar-refractivity contribution is 0.656. The summed E-state index contributed by atoms with van der Waals surface area (Å²) in [6.07, 6.45) is 2.82. The number of pyridine rings is 1. The van der Waals surface area contributed by atoms with Gasteiger partial charge in [0.1, 0.15) is 10.8 Å². The Labute approximate surface area is 96.3 Å². The normalized spacial score (nSPS) is 12.2. The largest absolute Gasteiger partial charge is 0.389 e. The molecule has 1 aromatic heterocycles. The molecule has 0 aliphatic rings. The van der Waals surface area contributed by atoms with E-state index in [0.717, 1.165) is 17.8 Å². The van der Waals surface area contributed by atoms with Crippen LogP contribution in [0.15, 0.2) is 18.3 Å². The summed E-state index contributed by atoms with van der Waals surface area (Å²) in [6, 6.07) is 4.18. The molecule has 15 heavy (non-hydrogen) atoms. The van der Waals surface area contributed by atoms with Gasteiger partial charge in [-0.3, -0.25) is 0 Å². The van der Waals surface area contributed by atoms with Crippen molar-refractivity contribution in [2.45, 2.75) is 26.3 Å². The van der Waals surface area contributed by atoms with Crippen molar-refractivity contribution in [1.82, 2.24) is 4.98 Å². The molecule has 1 rings (SSSR count). The van der Waals surface area contributed by atoms with Crippen molar-refractivity contribution >= 4 is 23.0 Å². The van der Waals surface area contributed by atoms with Gasteiger partial charge in [0, 0.05) is 19.3 Å². The van der Waals surface area contributed by atoms with E-state index in [1.165, 1.54) is 0 Å². The Morgan fingerprint density at radius 2 is 2.33 bits per heavy atom. The summed E-state index contributed by atoms with van der Waals surface area (Å²) in [4.78, 5) is 6.83. The lowest BCUT2D eigenvalue weighted by Gasteiger charge is -2.26. The molecule has 0 radical (unpaired) electrons. The van der Waals surface area contributed by atoms with Crippen LogP contribution in [-0.4, -0.2) is 23.1 Å². The van der Waals surface area contributed by atoms with Crippen molar-refractivity contribution in [3.8, 4) is 0 Å². The molecule has 0 aromatic carbocycles. The highest BCUT2D eigenvalue weighted by Crippen LogP contribution is 2.18. The highest BCUT2D eigenvalue weighted by molar-refractivity contribution is 7.80. The van der Waals surface area contributed by atoms with E-state index >= 15 is 0 Å². The molecule has 1 heterocycles. The van der Waals surface area contributed by atoms with Gasteiger partial charge in [-0.15, -0.1) is 0 Å². The van der Waals surface area contributed by atoms with E-state index in [-0.39, 0.29) is 0 Å². The zero-order chi connectivity index (χ0) is 11.4. The van der Waals surface area contributed by atoms with Crippen LogP contribution in [0, 0.1) is 0 Å². The third-order valence-electron chi connectivity index (χ3n) is 2.64. The van der Waals surface area contributed by atoms with Gasteiger partial charge in [0.25, 0.3) is 0 Å². The molecular formula is C11H17N3S. The summed E-state index contributed by atoms with van der Waals surface area (Å²) in [6.45, 7) is 4.29. The van der Waals surface area contributed by atoms with Gasteiger partial charge in [-0.1, -0.05) is 19.1 Å². The molecule has 0 spiro atoms. The van der Waals surface area contributed by atoms with E-state index in [2.05, 4.69) is 23.7 Å². The van der Waals surface area contributed by atoms with Gasteiger partial charge in [-0.25, -0.2) is 4.98 Å². The van der Waals surface area contributed by atoms with Gasteiger partial charge in [0.2, 0.25) is 0 Å². The summed E-state index contributed by atoms with van der Waals surface area (Å²) >= 11 is 5.00. The van der Waals surface area contributed by atoms with Crippen LogP contribution in [-0.2, 0) is 0 Å². The first kappa shape index (κ1) is 11.9. The Morgan fingerprint density at radius 3 is 2.87 bits per heavy atom. The zero-order valence-corrected chi connectivity index (χ0v) is 10.2. The number of thiocarbonyl (C=S) groups is 1. The summed E-state index contributed by atoms with van der Waals surface area (Å²) in [5, 5.41) is 0. The molecule has 1 aromatic rings. The number of anilines is 1. The van der Waals surface area contributed by atoms with Crippen molar-refractivity contribution < 1.29 is 0 Å². The molecule has 0 aliphatic heterocycles. The predicted molar refractivity (Wildman–Crippen MR) is 68.3 cm³/mol. The second-order valence-electron chi connectivity index (χ2n) is 3.61. The second kappa shape index (κ2) is 5.07. The Hall–Kier alpha value is -1.16. The molecular weight excluding hydrogens is 206 g/mol. The monoisotopic (exact) mass is 223 g/mol. The van der Waals surface area contributed by atoms with Crippen LogP contribution in [0.4, 0.5) is 5.82 Å². The maximum atomic E-state index is 5.66. The Balaban J connectivity index is 3.07. The van der Waals surface area contributed by atoms with E-state index in [9.17, 15) is 0 Å². The summed E-state index contributed by atoms with van der Waals surface area (Å²) in [5.41, 5.74) is 6.50. The second-order valence-corrected chi connectivity index (χ2v) is 4.05. The Kier molecular flexibility index (Phi) is 4.03. The molecule has 1 atom stereocenters. The van der Waals surface area contributed by atoms with Crippen molar-refractivity contribution in [3.63, 3.8) is 0 Å². The van der Waals surface area contributed by atoms with Gasteiger partial charge in [-0.05, 0) is 25.5 Å². The highest BCUT2D eigenvalue weighted by atomic mass is 32.1. The predicted octanol–water partition coefficient (Wildman–Crippen LogP) is 1.95. The lowest BCUT2D eigenvalue weighted by Crippen LogP contribution is -2.31. The molecule has 0 fully saturated rings. The van der Waals surface area contributed by atoms with E-state index in [4.69, 9.17) is 18.0 Å². The SMILES string of the molecule is CCC(C)N(C)c1ncccc1C(N)=S. The van der Waals surface area contributed by atoms with Crippen LogP contribution in [0.3, 0.4) is 0 Å². The zero-order valence-electron chi connectivity index (χ0n) is 9.40. The van der Waals surface area contributed by atoms with Crippen molar-refractivity contribution in [1.29, 1.82) is 0 Å². The van der Waals surface area contributed by atoms with Crippen molar-refractivity contribution in [2.24, 2.45) is 5.73 Å². The van der Waals surface area contributed by atoms with E-state index in [0.29, 0.717) is 11.0 Å². The average molecular weight is 223 g/mol. The number of aromatic nitrogens is 1. The van der Waals surface area contributed by atoms with Gasteiger partial charge in [-0.2, -0.15) is 0 Å². The molecule has 0 amide bonds. The molecule has 82 valence electrons. The fourth-order valence-corrected chi connectivity index (χ4v) is 1.51. The molecule has 0 bridgehead atoms. The van der Waals surface area contributed by atoms with Crippen molar-refractivity contribution in [2.75, 3.05) is 11.9 Å². The van der Waals surface area contributed by atoms with E-state index in [1.807, 2.05) is 19.2 Å². The quantitative estimate of drug-likeness (QED) is 0.792. The first-order valence-electron chi connectivity index (χ1n) is 5.05. The van der Waals surface area contributed by atoms with Crippen LogP contribution in [0.25, 0.3) is 0 Å². The van der Waals surface area contributed by atoms with Crippen LogP contribution < -0.4 is 10.6 Å². The molecule has 3 nitrogen and oxygen atoms in total. The van der Waals surface area contributed by atoms with Gasteiger partial charge < -0.3 is 10.6 Å². The van der Waals surface area contributed by atoms with Crippen LogP contribution in [0.5, 0.6) is 0 Å². The number of nitrogens with two attached hydrogens (primary N) is 1. The number of hydrogen-bond acceptors (Lipinski definition) is 3. The van der Waals surface area contributed by atoms with Crippen LogP contribution in [0.1, 0.15) is 25.8 Å². The smallest absolute Gasteiger partial charge is 0.138 e. The third-order valence-corrected chi connectivity index (χ3v) is 2.86. The first-order chi connectivity index (χ1) is 7.07. The Bertz CT molecular complexity index is 351. The number of nitrogens with zero attached hydrogens (tertiary/aromatic N) is 2. The molecule has 2 N–H and O–H groups in total. The molecule has 4 heteroatoms. The lowest BCUT2D eigenvalue weighted by atomic mass is 10.2. The maximum Gasteiger partial charge on any atom is 0.138 e. The van der Waals surface area contributed by atoms with E-state index < -0.39 is 0 Å². The van der Waals surface area contributed by atoms with E-state index in [1.54, 1.807) is 6.20 Å².